The molecule has 0 spiro atoms. The van der Waals surface area contributed by atoms with Crippen molar-refractivity contribution < 1.29 is 22.7 Å². The average Bonchev–Trinajstić information content (AvgIpc) is 3.31. The third-order valence-electron chi connectivity index (χ3n) is 5.38. The third kappa shape index (κ3) is 3.87. The zero-order valence-corrected chi connectivity index (χ0v) is 18.3. The number of rotatable bonds is 5. The van der Waals surface area contributed by atoms with Gasteiger partial charge in [0, 0.05) is 35.6 Å². The summed E-state index contributed by atoms with van der Waals surface area (Å²) in [4.78, 5) is 16.5. The minimum absolute atomic E-state index is 0.172. The summed E-state index contributed by atoms with van der Waals surface area (Å²) in [6.07, 6.45) is -4.12. The number of hydrazine groups is 2. The summed E-state index contributed by atoms with van der Waals surface area (Å²) < 4.78 is 45.8. The molecule has 32 heavy (non-hydrogen) atoms. The van der Waals surface area contributed by atoms with Crippen LogP contribution in [0.5, 0.6) is 0 Å². The number of likely N-dealkylation sites (N-methyl/N-ethyl adjacent to an activating group) is 1. The number of hydrogen-bond donors (Lipinski definition) is 2. The first-order valence-electron chi connectivity index (χ1n) is 9.79. The summed E-state index contributed by atoms with van der Waals surface area (Å²) in [5, 5.41) is 16.3. The van der Waals surface area contributed by atoms with Gasteiger partial charge >= 0.3 is 11.8 Å². The van der Waals surface area contributed by atoms with Crippen molar-refractivity contribution in [3.05, 3.63) is 62.5 Å². The van der Waals surface area contributed by atoms with Crippen molar-refractivity contribution in [1.29, 1.82) is 0 Å². The van der Waals surface area contributed by atoms with Gasteiger partial charge in [-0.3, -0.25) is 10.0 Å². The van der Waals surface area contributed by atoms with Crippen LogP contribution in [0.3, 0.4) is 0 Å². The number of benzene rings is 1. The Hall–Kier alpha value is -2.89. The largest absolute Gasteiger partial charge is 0.423 e. The molecule has 1 aliphatic rings. The molecule has 1 unspecified atom stereocenters. The van der Waals surface area contributed by atoms with Gasteiger partial charge in [0.05, 0.1) is 22.9 Å². The predicted molar refractivity (Wildman–Crippen MR) is 114 cm³/mol. The number of aromatic nitrogens is 1. The molecule has 7 nitrogen and oxygen atoms in total. The van der Waals surface area contributed by atoms with Crippen LogP contribution in [-0.4, -0.2) is 38.9 Å². The third-order valence-corrected chi connectivity index (χ3v) is 6.15. The molecule has 3 aromatic rings. The van der Waals surface area contributed by atoms with Crippen molar-refractivity contribution in [1.82, 2.24) is 20.5 Å². The SMILES string of the molecule is CCC(O)(C1=CN(Cc2ccc3c(-c4csc(C)n4)cc(=O)oc3c2)NN1C)C(F)(F)F. The van der Waals surface area contributed by atoms with Crippen molar-refractivity contribution >= 4 is 22.3 Å². The van der Waals surface area contributed by atoms with Gasteiger partial charge in [-0.15, -0.1) is 16.9 Å². The van der Waals surface area contributed by atoms with E-state index < -0.39 is 23.8 Å². The fourth-order valence-electron chi connectivity index (χ4n) is 3.70. The first-order valence-corrected chi connectivity index (χ1v) is 10.7. The van der Waals surface area contributed by atoms with Crippen LogP contribution in [0, 0.1) is 6.92 Å². The molecule has 170 valence electrons. The Kier molecular flexibility index (Phi) is 5.51. The van der Waals surface area contributed by atoms with Gasteiger partial charge < -0.3 is 9.52 Å². The number of alkyl halides is 3. The van der Waals surface area contributed by atoms with E-state index in [-0.39, 0.29) is 12.2 Å². The lowest BCUT2D eigenvalue weighted by atomic mass is 9.96. The monoisotopic (exact) mass is 466 g/mol. The Morgan fingerprint density at radius 1 is 1.28 bits per heavy atom. The zero-order valence-electron chi connectivity index (χ0n) is 17.5. The standard InChI is InChI=1S/C21H21F3N4O3S/c1-4-20(30,21(22,23)24)18-10-28(26-27(18)3)9-13-5-6-14-15(16-11-32-12(2)25-16)8-19(29)31-17(14)7-13/h5-8,10-11,26,30H,4,9H2,1-3H3. The lowest BCUT2D eigenvalue weighted by Crippen LogP contribution is -2.51. The zero-order chi connectivity index (χ0) is 23.3. The van der Waals surface area contributed by atoms with Crippen molar-refractivity contribution in [2.24, 2.45) is 0 Å². The topological polar surface area (TPSA) is 81.8 Å². The molecule has 11 heteroatoms. The van der Waals surface area contributed by atoms with Gasteiger partial charge in [-0.2, -0.15) is 13.2 Å². The summed E-state index contributed by atoms with van der Waals surface area (Å²) in [7, 11) is 1.40. The molecule has 3 heterocycles. The van der Waals surface area contributed by atoms with Crippen molar-refractivity contribution in [2.45, 2.75) is 38.6 Å². The smallest absolute Gasteiger partial charge is 0.422 e. The summed E-state index contributed by atoms with van der Waals surface area (Å²) >= 11 is 1.47. The van der Waals surface area contributed by atoms with Crippen LogP contribution in [-0.2, 0) is 6.54 Å². The lowest BCUT2D eigenvalue weighted by Gasteiger charge is -2.33. The van der Waals surface area contributed by atoms with Crippen LogP contribution in [0.15, 0.2) is 50.8 Å². The van der Waals surface area contributed by atoms with E-state index in [1.54, 1.807) is 18.2 Å². The second-order valence-corrected chi connectivity index (χ2v) is 8.64. The van der Waals surface area contributed by atoms with Gasteiger partial charge in [0.2, 0.25) is 5.60 Å². The van der Waals surface area contributed by atoms with Crippen LogP contribution in [0.2, 0.25) is 0 Å². The van der Waals surface area contributed by atoms with Crippen LogP contribution >= 0.6 is 11.3 Å². The van der Waals surface area contributed by atoms with Crippen LogP contribution < -0.4 is 11.2 Å². The van der Waals surface area contributed by atoms with E-state index in [9.17, 15) is 23.1 Å². The van der Waals surface area contributed by atoms with E-state index in [4.69, 9.17) is 4.42 Å². The quantitative estimate of drug-likeness (QED) is 0.552. The highest BCUT2D eigenvalue weighted by Gasteiger charge is 2.57. The number of nitrogens with zero attached hydrogens (tertiary/aromatic N) is 3. The Morgan fingerprint density at radius 2 is 2.03 bits per heavy atom. The Morgan fingerprint density at radius 3 is 2.66 bits per heavy atom. The highest BCUT2D eigenvalue weighted by atomic mass is 32.1. The Labute approximate surface area is 185 Å². The molecule has 1 atom stereocenters. The van der Waals surface area contributed by atoms with Gasteiger partial charge in [0.15, 0.2) is 0 Å². The van der Waals surface area contributed by atoms with E-state index in [0.29, 0.717) is 27.8 Å². The van der Waals surface area contributed by atoms with Crippen LogP contribution in [0.4, 0.5) is 13.2 Å². The number of aliphatic hydroxyl groups is 1. The molecule has 1 aromatic carbocycles. The van der Waals surface area contributed by atoms with E-state index in [2.05, 4.69) is 10.5 Å². The number of hydrogen-bond acceptors (Lipinski definition) is 8. The second-order valence-electron chi connectivity index (χ2n) is 7.57. The Balaban J connectivity index is 1.66. The molecule has 0 fully saturated rings. The van der Waals surface area contributed by atoms with Gasteiger partial charge in [0.25, 0.3) is 0 Å². The molecule has 0 aliphatic carbocycles. The maximum atomic E-state index is 13.5. The maximum absolute atomic E-state index is 13.5. The van der Waals surface area contributed by atoms with Crippen LogP contribution in [0.25, 0.3) is 22.2 Å². The fourth-order valence-corrected chi connectivity index (χ4v) is 4.32. The van der Waals surface area contributed by atoms with E-state index in [1.807, 2.05) is 12.3 Å². The minimum Gasteiger partial charge on any atom is -0.423 e. The molecule has 2 N–H and O–H groups in total. The highest BCUT2D eigenvalue weighted by Crippen LogP contribution is 2.40. The number of halogens is 3. The summed E-state index contributed by atoms with van der Waals surface area (Å²) in [5.41, 5.74) is 1.37. The van der Waals surface area contributed by atoms with Crippen molar-refractivity contribution in [2.75, 3.05) is 7.05 Å². The van der Waals surface area contributed by atoms with E-state index in [0.717, 1.165) is 10.0 Å². The molecule has 4 rings (SSSR count). The normalized spacial score (nSPS) is 16.5. The molecule has 1 aliphatic heterocycles. The number of aryl methyl sites for hydroxylation is 1. The number of fused-ring (bicyclic) bond motifs is 1. The summed E-state index contributed by atoms with van der Waals surface area (Å²) in [5.74, 6) is 0. The molecule has 0 bridgehead atoms. The second kappa shape index (κ2) is 7.91. The fraction of sp³-hybridized carbons (Fsp3) is 0.333. The summed E-state index contributed by atoms with van der Waals surface area (Å²) in [6.45, 7) is 3.32. The van der Waals surface area contributed by atoms with E-state index in [1.165, 1.54) is 42.6 Å². The predicted octanol–water partition coefficient (Wildman–Crippen LogP) is 3.94. The Bertz CT molecular complexity index is 1250. The van der Waals surface area contributed by atoms with Crippen molar-refractivity contribution in [3.8, 4) is 11.3 Å². The molecule has 0 saturated carbocycles. The van der Waals surface area contributed by atoms with Crippen molar-refractivity contribution in [3.63, 3.8) is 0 Å². The number of nitrogens with one attached hydrogen (secondary N) is 1. The minimum atomic E-state index is -4.82. The molecule has 0 saturated heterocycles. The van der Waals surface area contributed by atoms with Gasteiger partial charge in [-0.1, -0.05) is 19.1 Å². The number of thiazole rings is 1. The van der Waals surface area contributed by atoms with Gasteiger partial charge in [0.1, 0.15) is 5.58 Å². The highest BCUT2D eigenvalue weighted by molar-refractivity contribution is 7.09. The molecular weight excluding hydrogens is 445 g/mol. The average molecular weight is 466 g/mol. The molecule has 0 amide bonds. The van der Waals surface area contributed by atoms with E-state index >= 15 is 0 Å². The van der Waals surface area contributed by atoms with Gasteiger partial charge in [-0.25, -0.2) is 9.78 Å². The molecule has 0 radical (unpaired) electrons. The maximum Gasteiger partial charge on any atom is 0.422 e. The van der Waals surface area contributed by atoms with Crippen LogP contribution in [0.1, 0.15) is 23.9 Å². The van der Waals surface area contributed by atoms with Gasteiger partial charge in [-0.05, 0) is 25.0 Å². The summed E-state index contributed by atoms with van der Waals surface area (Å²) in [6, 6.07) is 6.66. The first kappa shape index (κ1) is 22.3. The lowest BCUT2D eigenvalue weighted by molar-refractivity contribution is -0.251. The molecule has 2 aromatic heterocycles. The molecular formula is C21H21F3N4O3S. The first-order chi connectivity index (χ1) is 15.0.